The van der Waals surface area contributed by atoms with Gasteiger partial charge in [0.1, 0.15) is 0 Å². The maximum Gasteiger partial charge on any atom is 0.227 e. The number of carbonyl (C=O) groups excluding carboxylic acids is 1. The number of H-pyrrole nitrogens is 2. The number of hydrogen-bond acceptors (Lipinski definition) is 5. The van der Waals surface area contributed by atoms with Crippen molar-refractivity contribution >= 4 is 33.5 Å². The number of fused-ring (bicyclic) bond motifs is 2. The summed E-state index contributed by atoms with van der Waals surface area (Å²) >= 11 is 0. The van der Waals surface area contributed by atoms with Crippen LogP contribution < -0.4 is 5.32 Å². The fraction of sp³-hybridized carbons (Fsp3) is 0.107. The van der Waals surface area contributed by atoms with Crippen molar-refractivity contribution in [3.8, 4) is 33.8 Å². The van der Waals surface area contributed by atoms with Gasteiger partial charge in [-0.1, -0.05) is 18.2 Å². The maximum atomic E-state index is 12.2. The summed E-state index contributed by atoms with van der Waals surface area (Å²) in [6.07, 6.45) is 9.19. The SMILES string of the molecule is O=C(Nc1cccc(-c2cnc3n[nH]c(-c4cc5c(-c6ccccn6)cncc5[nH]4)c3c2)c1)C1CC1. The molecule has 0 spiro atoms. The van der Waals surface area contributed by atoms with Gasteiger partial charge < -0.3 is 10.3 Å². The summed E-state index contributed by atoms with van der Waals surface area (Å²) in [6, 6.07) is 17.9. The summed E-state index contributed by atoms with van der Waals surface area (Å²) in [5.74, 6) is 0.251. The Bertz CT molecular complexity index is 1750. The van der Waals surface area contributed by atoms with E-state index in [2.05, 4.69) is 47.6 Å². The standard InChI is InChI=1S/C28H21N7O/c36-28(16-7-8-16)32-19-5-3-4-17(10-19)18-11-21-26(34-35-27(21)31-13-18)24-12-20-22(14-29-15-25(20)33-24)23-6-1-2-9-30-23/h1-6,9-16,33H,7-8H2,(H,32,36)(H,31,34,35). The average molecular weight is 472 g/mol. The van der Waals surface area contributed by atoms with E-state index in [0.29, 0.717) is 5.65 Å². The van der Waals surface area contributed by atoms with Crippen LogP contribution in [0.1, 0.15) is 12.8 Å². The summed E-state index contributed by atoms with van der Waals surface area (Å²) in [6.45, 7) is 0. The van der Waals surface area contributed by atoms with Crippen LogP contribution in [-0.2, 0) is 4.79 Å². The second kappa shape index (κ2) is 8.13. The van der Waals surface area contributed by atoms with Gasteiger partial charge in [-0.3, -0.25) is 19.9 Å². The highest BCUT2D eigenvalue weighted by Gasteiger charge is 2.29. The molecule has 3 N–H and O–H groups in total. The van der Waals surface area contributed by atoms with Gasteiger partial charge in [0.25, 0.3) is 0 Å². The van der Waals surface area contributed by atoms with Crippen molar-refractivity contribution in [2.45, 2.75) is 12.8 Å². The number of nitrogens with one attached hydrogen (secondary N) is 3. The number of hydrogen-bond donors (Lipinski definition) is 3. The molecular formula is C28H21N7O. The molecule has 6 aromatic rings. The lowest BCUT2D eigenvalue weighted by atomic mass is 10.0. The van der Waals surface area contributed by atoms with E-state index in [1.54, 1.807) is 6.20 Å². The molecule has 1 saturated carbocycles. The number of anilines is 1. The number of amides is 1. The van der Waals surface area contributed by atoms with Gasteiger partial charge in [-0.05, 0) is 54.8 Å². The number of carbonyl (C=O) groups is 1. The van der Waals surface area contributed by atoms with Crippen molar-refractivity contribution in [1.29, 1.82) is 0 Å². The maximum absolute atomic E-state index is 12.2. The Hall–Kier alpha value is -4.85. The molecule has 0 saturated heterocycles. The lowest BCUT2D eigenvalue weighted by Gasteiger charge is -2.07. The van der Waals surface area contributed by atoms with Crippen LogP contribution >= 0.6 is 0 Å². The van der Waals surface area contributed by atoms with E-state index in [-0.39, 0.29) is 11.8 Å². The average Bonchev–Trinajstić information content (AvgIpc) is 3.55. The Labute approximate surface area is 205 Å². The fourth-order valence-corrected chi connectivity index (χ4v) is 4.54. The van der Waals surface area contributed by atoms with Gasteiger partial charge in [0.2, 0.25) is 5.91 Å². The van der Waals surface area contributed by atoms with Crippen molar-refractivity contribution in [3.63, 3.8) is 0 Å². The highest BCUT2D eigenvalue weighted by Crippen LogP contribution is 2.34. The Morgan fingerprint density at radius 1 is 0.917 bits per heavy atom. The molecule has 0 atom stereocenters. The third-order valence-electron chi connectivity index (χ3n) is 6.58. The molecule has 36 heavy (non-hydrogen) atoms. The third-order valence-corrected chi connectivity index (χ3v) is 6.58. The highest BCUT2D eigenvalue weighted by molar-refractivity contribution is 6.00. The van der Waals surface area contributed by atoms with Crippen LogP contribution in [0.5, 0.6) is 0 Å². The molecule has 0 bridgehead atoms. The van der Waals surface area contributed by atoms with E-state index in [1.807, 2.05) is 61.1 Å². The van der Waals surface area contributed by atoms with Gasteiger partial charge in [0.05, 0.1) is 28.8 Å². The number of benzene rings is 1. The molecule has 1 aliphatic carbocycles. The minimum Gasteiger partial charge on any atom is -0.352 e. The molecule has 5 heterocycles. The second-order valence-electron chi connectivity index (χ2n) is 9.08. The first-order chi connectivity index (χ1) is 17.7. The summed E-state index contributed by atoms with van der Waals surface area (Å²) in [5, 5.41) is 12.5. The van der Waals surface area contributed by atoms with E-state index < -0.39 is 0 Å². The summed E-state index contributed by atoms with van der Waals surface area (Å²) in [4.78, 5) is 29.2. The van der Waals surface area contributed by atoms with E-state index in [1.165, 1.54) is 0 Å². The first kappa shape index (κ1) is 20.5. The molecule has 7 rings (SSSR count). The Kier molecular flexibility index (Phi) is 4.63. The van der Waals surface area contributed by atoms with Crippen LogP contribution in [-0.4, -0.2) is 36.0 Å². The first-order valence-electron chi connectivity index (χ1n) is 11.9. The minimum absolute atomic E-state index is 0.0937. The largest absolute Gasteiger partial charge is 0.352 e. The van der Waals surface area contributed by atoms with Gasteiger partial charge in [-0.2, -0.15) is 5.10 Å². The zero-order valence-electron chi connectivity index (χ0n) is 19.2. The molecule has 8 nitrogen and oxygen atoms in total. The van der Waals surface area contributed by atoms with E-state index in [0.717, 1.165) is 68.6 Å². The molecule has 5 aromatic heterocycles. The van der Waals surface area contributed by atoms with Crippen molar-refractivity contribution in [2.24, 2.45) is 5.92 Å². The number of pyridine rings is 3. The van der Waals surface area contributed by atoms with Crippen LogP contribution in [0.25, 0.3) is 55.7 Å². The smallest absolute Gasteiger partial charge is 0.227 e. The fourth-order valence-electron chi connectivity index (χ4n) is 4.54. The van der Waals surface area contributed by atoms with Gasteiger partial charge in [-0.25, -0.2) is 4.98 Å². The molecule has 174 valence electrons. The summed E-state index contributed by atoms with van der Waals surface area (Å²) in [5.41, 5.74) is 7.83. The van der Waals surface area contributed by atoms with Gasteiger partial charge in [0, 0.05) is 52.1 Å². The van der Waals surface area contributed by atoms with Crippen LogP contribution in [0.3, 0.4) is 0 Å². The van der Waals surface area contributed by atoms with E-state index in [9.17, 15) is 4.79 Å². The first-order valence-corrected chi connectivity index (χ1v) is 11.9. The number of aromatic amines is 2. The number of rotatable bonds is 5. The minimum atomic E-state index is 0.0937. The molecule has 1 aliphatic rings. The van der Waals surface area contributed by atoms with Crippen LogP contribution in [0.2, 0.25) is 0 Å². The molecule has 8 heteroatoms. The van der Waals surface area contributed by atoms with Crippen molar-refractivity contribution < 1.29 is 4.79 Å². The predicted molar refractivity (Wildman–Crippen MR) is 139 cm³/mol. The number of nitrogens with zero attached hydrogens (tertiary/aromatic N) is 4. The zero-order chi connectivity index (χ0) is 24.1. The molecule has 0 radical (unpaired) electrons. The van der Waals surface area contributed by atoms with Crippen molar-refractivity contribution in [1.82, 2.24) is 30.1 Å². The quantitative estimate of drug-likeness (QED) is 0.304. The molecule has 0 unspecified atom stereocenters. The topological polar surface area (TPSA) is 112 Å². The predicted octanol–water partition coefficient (Wildman–Crippen LogP) is 5.58. The van der Waals surface area contributed by atoms with Gasteiger partial charge in [0.15, 0.2) is 5.65 Å². The number of aromatic nitrogens is 6. The van der Waals surface area contributed by atoms with Gasteiger partial charge >= 0.3 is 0 Å². The molecule has 1 fully saturated rings. The van der Waals surface area contributed by atoms with Crippen molar-refractivity contribution in [2.75, 3.05) is 5.32 Å². The molecule has 1 amide bonds. The summed E-state index contributed by atoms with van der Waals surface area (Å²) < 4.78 is 0. The van der Waals surface area contributed by atoms with Crippen molar-refractivity contribution in [3.05, 3.63) is 79.4 Å². The highest BCUT2D eigenvalue weighted by atomic mass is 16.2. The monoisotopic (exact) mass is 471 g/mol. The third kappa shape index (κ3) is 3.60. The molecule has 1 aromatic carbocycles. The Morgan fingerprint density at radius 3 is 2.72 bits per heavy atom. The van der Waals surface area contributed by atoms with Crippen LogP contribution in [0.4, 0.5) is 5.69 Å². The molecule has 0 aliphatic heterocycles. The summed E-state index contributed by atoms with van der Waals surface area (Å²) in [7, 11) is 0. The van der Waals surface area contributed by atoms with E-state index in [4.69, 9.17) is 0 Å². The lowest BCUT2D eigenvalue weighted by molar-refractivity contribution is -0.117. The second-order valence-corrected chi connectivity index (χ2v) is 9.08. The lowest BCUT2D eigenvalue weighted by Crippen LogP contribution is -2.13. The van der Waals surface area contributed by atoms with Crippen LogP contribution in [0.15, 0.2) is 79.4 Å². The zero-order valence-corrected chi connectivity index (χ0v) is 19.2. The molecular weight excluding hydrogens is 450 g/mol. The van der Waals surface area contributed by atoms with Gasteiger partial charge in [-0.15, -0.1) is 0 Å². The normalized spacial score (nSPS) is 13.3. The Morgan fingerprint density at radius 2 is 1.86 bits per heavy atom. The van der Waals surface area contributed by atoms with E-state index >= 15 is 0 Å². The van der Waals surface area contributed by atoms with Crippen LogP contribution in [0, 0.1) is 5.92 Å². The Balaban J connectivity index is 1.28.